The summed E-state index contributed by atoms with van der Waals surface area (Å²) >= 11 is 3.54. The van der Waals surface area contributed by atoms with E-state index in [2.05, 4.69) is 117 Å². The van der Waals surface area contributed by atoms with Gasteiger partial charge in [-0.2, -0.15) is 0 Å². The second-order valence-electron chi connectivity index (χ2n) is 8.78. The maximum Gasteiger partial charge on any atom is 0.494 e. The Balaban J connectivity index is 2.07. The predicted octanol–water partition coefficient (Wildman–Crippen LogP) is 5.62. The topological polar surface area (TPSA) is 18.5 Å². The summed E-state index contributed by atoms with van der Waals surface area (Å²) < 4.78 is 13.9. The summed E-state index contributed by atoms with van der Waals surface area (Å²) in [5.41, 5.74) is 3.98. The monoisotopic (exact) mass is 442 g/mol. The smallest absolute Gasteiger partial charge is 0.399 e. The van der Waals surface area contributed by atoms with Crippen LogP contribution in [0.25, 0.3) is 5.47 Å². The second-order valence-corrected chi connectivity index (χ2v) is 14.0. The number of hydrogen-bond donors (Lipinski definition) is 0. The van der Waals surface area contributed by atoms with Crippen LogP contribution >= 0.6 is 15.9 Å². The van der Waals surface area contributed by atoms with E-state index in [1.54, 1.807) is 0 Å². The summed E-state index contributed by atoms with van der Waals surface area (Å²) in [5, 5.41) is 1.40. The van der Waals surface area contributed by atoms with E-state index >= 15 is 0 Å². The van der Waals surface area contributed by atoms with E-state index in [9.17, 15) is 0 Å². The van der Waals surface area contributed by atoms with Crippen molar-refractivity contribution >= 4 is 41.8 Å². The highest BCUT2D eigenvalue weighted by atomic mass is 79.9. The van der Waals surface area contributed by atoms with Crippen LogP contribution in [0, 0.1) is 0 Å². The highest BCUT2D eigenvalue weighted by Gasteiger charge is 2.52. The van der Waals surface area contributed by atoms with Crippen molar-refractivity contribution in [2.45, 2.75) is 52.0 Å². The van der Waals surface area contributed by atoms with Gasteiger partial charge in [0.05, 0.1) is 11.2 Å². The zero-order chi connectivity index (χ0) is 19.9. The highest BCUT2D eigenvalue weighted by molar-refractivity contribution is 9.10. The molecule has 0 spiro atoms. The summed E-state index contributed by atoms with van der Waals surface area (Å²) in [6.45, 7) is 13.1. The summed E-state index contributed by atoms with van der Waals surface area (Å²) in [6.07, 6.45) is 0. The molecule has 0 atom stereocenters. The molecule has 2 aromatic carbocycles. The maximum atomic E-state index is 6.41. The van der Waals surface area contributed by atoms with Gasteiger partial charge in [-0.15, -0.1) is 0 Å². The van der Waals surface area contributed by atoms with Crippen molar-refractivity contribution in [2.24, 2.45) is 0 Å². The summed E-state index contributed by atoms with van der Waals surface area (Å²) in [6, 6.07) is 19.2. The Kier molecular flexibility index (Phi) is 5.61. The van der Waals surface area contributed by atoms with Crippen LogP contribution in [-0.2, 0) is 9.31 Å². The zero-order valence-corrected chi connectivity index (χ0v) is 19.6. The van der Waals surface area contributed by atoms with Gasteiger partial charge >= 0.3 is 7.12 Å². The normalized spacial score (nSPS) is 19.4. The van der Waals surface area contributed by atoms with Crippen LogP contribution in [0.2, 0.25) is 13.1 Å². The molecule has 27 heavy (non-hydrogen) atoms. The molecular weight excluding hydrogens is 415 g/mol. The van der Waals surface area contributed by atoms with Crippen LogP contribution in [0.4, 0.5) is 0 Å². The number of benzene rings is 2. The van der Waals surface area contributed by atoms with Crippen LogP contribution in [0.15, 0.2) is 64.8 Å². The summed E-state index contributed by atoms with van der Waals surface area (Å²) in [7, 11) is -2.20. The van der Waals surface area contributed by atoms with Gasteiger partial charge < -0.3 is 9.31 Å². The lowest BCUT2D eigenvalue weighted by Crippen LogP contribution is -2.41. The Bertz CT molecular complexity index is 813. The van der Waals surface area contributed by atoms with Gasteiger partial charge in [-0.1, -0.05) is 82.4 Å². The van der Waals surface area contributed by atoms with Crippen LogP contribution < -0.4 is 5.19 Å². The van der Waals surface area contributed by atoms with Crippen molar-refractivity contribution in [2.75, 3.05) is 0 Å². The molecule has 1 heterocycles. The van der Waals surface area contributed by atoms with Gasteiger partial charge in [0.1, 0.15) is 8.07 Å². The largest absolute Gasteiger partial charge is 0.494 e. The fourth-order valence-corrected chi connectivity index (χ4v) is 5.80. The minimum atomic E-state index is -1.83. The van der Waals surface area contributed by atoms with Crippen LogP contribution in [0.1, 0.15) is 33.3 Å². The van der Waals surface area contributed by atoms with Crippen molar-refractivity contribution < 1.29 is 9.31 Å². The number of hydrogen-bond acceptors (Lipinski definition) is 2. The molecule has 0 amide bonds. The van der Waals surface area contributed by atoms with E-state index in [1.165, 1.54) is 5.19 Å². The Morgan fingerprint density at radius 2 is 1.41 bits per heavy atom. The van der Waals surface area contributed by atoms with E-state index in [0.717, 1.165) is 15.5 Å². The molecular formula is C22H28BBrO2Si. The van der Waals surface area contributed by atoms with E-state index in [4.69, 9.17) is 9.31 Å². The number of halogens is 1. The lowest BCUT2D eigenvalue weighted by Gasteiger charge is -2.32. The van der Waals surface area contributed by atoms with Crippen molar-refractivity contribution in [3.8, 4) is 0 Å². The fourth-order valence-electron chi connectivity index (χ4n) is 3.24. The predicted molar refractivity (Wildman–Crippen MR) is 122 cm³/mol. The van der Waals surface area contributed by atoms with Crippen molar-refractivity contribution in [1.82, 2.24) is 0 Å². The van der Waals surface area contributed by atoms with Gasteiger partial charge in [0.25, 0.3) is 0 Å². The molecule has 1 aliphatic rings. The standard InChI is InChI=1S/C22H28BBrO2Si/c1-21(2)22(3,4)26-23(25-21)20(17-12-14-18(24)15-13-17)16-27(5,6)19-10-8-7-9-11-19/h7-16H,1-6H3/b20-16-. The molecule has 1 aliphatic heterocycles. The second kappa shape index (κ2) is 7.36. The molecule has 2 nitrogen and oxygen atoms in total. The van der Waals surface area contributed by atoms with Crippen LogP contribution in [0.3, 0.4) is 0 Å². The fraction of sp³-hybridized carbons (Fsp3) is 0.364. The molecule has 3 rings (SSSR count). The average molecular weight is 443 g/mol. The molecule has 1 fully saturated rings. The van der Waals surface area contributed by atoms with E-state index < -0.39 is 8.07 Å². The molecule has 0 unspecified atom stereocenters. The molecule has 0 N–H and O–H groups in total. The molecule has 0 saturated carbocycles. The average Bonchev–Trinajstić information content (AvgIpc) is 2.82. The molecule has 1 saturated heterocycles. The highest BCUT2D eigenvalue weighted by Crippen LogP contribution is 2.41. The Morgan fingerprint density at radius 1 is 0.889 bits per heavy atom. The van der Waals surface area contributed by atoms with Gasteiger partial charge in [-0.3, -0.25) is 0 Å². The zero-order valence-electron chi connectivity index (χ0n) is 17.0. The van der Waals surface area contributed by atoms with E-state index in [1.807, 2.05) is 0 Å². The first-order chi connectivity index (χ1) is 12.5. The quantitative estimate of drug-likeness (QED) is 0.572. The van der Waals surface area contributed by atoms with Crippen molar-refractivity contribution in [3.63, 3.8) is 0 Å². The molecule has 0 aliphatic carbocycles. The van der Waals surface area contributed by atoms with Gasteiger partial charge in [-0.25, -0.2) is 0 Å². The Labute approximate surface area is 173 Å². The van der Waals surface area contributed by atoms with Gasteiger partial charge in [0.2, 0.25) is 0 Å². The lowest BCUT2D eigenvalue weighted by atomic mass is 9.75. The third kappa shape index (κ3) is 4.32. The third-order valence-corrected chi connectivity index (χ3v) is 9.10. The Hall–Kier alpha value is -1.14. The molecule has 2 aromatic rings. The van der Waals surface area contributed by atoms with E-state index in [0.29, 0.717) is 0 Å². The first-order valence-electron chi connectivity index (χ1n) is 9.42. The summed E-state index contributed by atoms with van der Waals surface area (Å²) in [4.78, 5) is 0. The molecule has 5 heteroatoms. The molecule has 0 bridgehead atoms. The first kappa shape index (κ1) is 20.6. The SMILES string of the molecule is CC1(C)OB(/C(=C\[Si](C)(C)c2ccccc2)c2ccc(Br)cc2)OC1(C)C. The third-order valence-electron chi connectivity index (χ3n) is 5.72. The van der Waals surface area contributed by atoms with Gasteiger partial charge in [-0.05, 0) is 50.9 Å². The molecule has 142 valence electrons. The molecule has 0 radical (unpaired) electrons. The number of rotatable bonds is 4. The van der Waals surface area contributed by atoms with Crippen molar-refractivity contribution in [1.29, 1.82) is 0 Å². The van der Waals surface area contributed by atoms with Crippen LogP contribution in [0.5, 0.6) is 0 Å². The van der Waals surface area contributed by atoms with Crippen molar-refractivity contribution in [3.05, 3.63) is 70.3 Å². The minimum Gasteiger partial charge on any atom is -0.399 e. The maximum absolute atomic E-state index is 6.41. The van der Waals surface area contributed by atoms with Crippen LogP contribution in [-0.4, -0.2) is 26.4 Å². The van der Waals surface area contributed by atoms with Gasteiger partial charge in [0.15, 0.2) is 0 Å². The molecule has 0 aromatic heterocycles. The summed E-state index contributed by atoms with van der Waals surface area (Å²) in [5.74, 6) is 0. The Morgan fingerprint density at radius 3 is 1.93 bits per heavy atom. The lowest BCUT2D eigenvalue weighted by molar-refractivity contribution is 0.00578. The first-order valence-corrected chi connectivity index (χ1v) is 13.3. The van der Waals surface area contributed by atoms with Gasteiger partial charge in [0, 0.05) is 4.47 Å². The van der Waals surface area contributed by atoms with E-state index in [-0.39, 0.29) is 18.3 Å². The minimum absolute atomic E-state index is 0.357.